The maximum absolute atomic E-state index is 12.3. The van der Waals surface area contributed by atoms with Crippen molar-refractivity contribution < 1.29 is 0 Å². The molecule has 4 heteroatoms. The molecule has 1 aliphatic heterocycles. The van der Waals surface area contributed by atoms with Gasteiger partial charge in [-0.05, 0) is 41.7 Å². The van der Waals surface area contributed by atoms with Crippen molar-refractivity contribution in [1.29, 1.82) is 0 Å². The third-order valence-corrected chi connectivity index (χ3v) is 6.26. The monoisotopic (exact) mass is 409 g/mol. The lowest BCUT2D eigenvalue weighted by molar-refractivity contribution is 0.247. The van der Waals surface area contributed by atoms with Crippen LogP contribution in [0.1, 0.15) is 24.0 Å². The van der Waals surface area contributed by atoms with Crippen LogP contribution < -0.4 is 5.69 Å². The summed E-state index contributed by atoms with van der Waals surface area (Å²) >= 11 is 0. The normalized spacial score (nSPS) is 14.8. The first-order valence-electron chi connectivity index (χ1n) is 11.0. The van der Waals surface area contributed by atoms with Gasteiger partial charge in [-0.1, -0.05) is 78.4 Å². The summed E-state index contributed by atoms with van der Waals surface area (Å²) in [6, 6.07) is 29.4. The van der Waals surface area contributed by atoms with E-state index in [0.717, 1.165) is 43.5 Å². The molecule has 2 heterocycles. The van der Waals surface area contributed by atoms with Gasteiger partial charge in [0.05, 0.1) is 11.0 Å². The smallest absolute Gasteiger partial charge is 0.306 e. The van der Waals surface area contributed by atoms with E-state index in [1.165, 1.54) is 22.3 Å². The quantitative estimate of drug-likeness (QED) is 0.508. The van der Waals surface area contributed by atoms with Crippen LogP contribution >= 0.6 is 0 Å². The number of hydrogen-bond acceptors (Lipinski definition) is 2. The second kappa shape index (κ2) is 8.78. The van der Waals surface area contributed by atoms with Gasteiger partial charge in [-0.15, -0.1) is 0 Å². The maximum Gasteiger partial charge on any atom is 0.326 e. The van der Waals surface area contributed by atoms with Crippen LogP contribution in [0.25, 0.3) is 16.6 Å². The molecule has 1 aliphatic rings. The number of hydrogen-bond donors (Lipinski definition) is 1. The number of H-pyrrole nitrogens is 1. The summed E-state index contributed by atoms with van der Waals surface area (Å²) in [4.78, 5) is 17.8. The highest BCUT2D eigenvalue weighted by atomic mass is 16.1. The average Bonchev–Trinajstić information content (AvgIpc) is 3.15. The highest BCUT2D eigenvalue weighted by Crippen LogP contribution is 2.32. The summed E-state index contributed by atoms with van der Waals surface area (Å²) in [6.45, 7) is 3.65. The summed E-state index contributed by atoms with van der Waals surface area (Å²) in [5.74, 6) is 0. The van der Waals surface area contributed by atoms with Gasteiger partial charge < -0.3 is 9.88 Å². The third kappa shape index (κ3) is 4.12. The van der Waals surface area contributed by atoms with E-state index in [1.807, 2.05) is 28.8 Å². The molecule has 156 valence electrons. The number of likely N-dealkylation sites (tertiary alicyclic amines) is 1. The minimum Gasteiger partial charge on any atom is -0.306 e. The third-order valence-electron chi connectivity index (χ3n) is 6.26. The predicted molar refractivity (Wildman–Crippen MR) is 127 cm³/mol. The van der Waals surface area contributed by atoms with Crippen LogP contribution in [-0.2, 0) is 6.54 Å². The molecule has 0 atom stereocenters. The maximum atomic E-state index is 12.3. The van der Waals surface area contributed by atoms with E-state index in [0.29, 0.717) is 6.54 Å². The fraction of sp³-hybridized carbons (Fsp3) is 0.222. The molecular weight excluding hydrogens is 382 g/mol. The van der Waals surface area contributed by atoms with E-state index in [1.54, 1.807) is 0 Å². The summed E-state index contributed by atoms with van der Waals surface area (Å²) in [5.41, 5.74) is 7.37. The van der Waals surface area contributed by atoms with Crippen LogP contribution in [-0.4, -0.2) is 34.1 Å². The Kier molecular flexibility index (Phi) is 5.55. The minimum absolute atomic E-state index is 0.0192. The van der Waals surface area contributed by atoms with Crippen LogP contribution in [0.4, 0.5) is 0 Å². The van der Waals surface area contributed by atoms with Gasteiger partial charge in [0.2, 0.25) is 0 Å². The van der Waals surface area contributed by atoms with Gasteiger partial charge >= 0.3 is 5.69 Å². The lowest BCUT2D eigenvalue weighted by atomic mass is 9.88. The van der Waals surface area contributed by atoms with Crippen molar-refractivity contribution in [3.63, 3.8) is 0 Å². The molecule has 0 radical (unpaired) electrons. The number of piperidine rings is 1. The van der Waals surface area contributed by atoms with Gasteiger partial charge in [0.15, 0.2) is 0 Å². The van der Waals surface area contributed by atoms with Crippen molar-refractivity contribution >= 4 is 16.6 Å². The van der Waals surface area contributed by atoms with Crippen molar-refractivity contribution in [1.82, 2.24) is 14.5 Å². The van der Waals surface area contributed by atoms with E-state index in [-0.39, 0.29) is 5.69 Å². The highest BCUT2D eigenvalue weighted by molar-refractivity contribution is 5.82. The van der Waals surface area contributed by atoms with Crippen molar-refractivity contribution in [2.45, 2.75) is 19.4 Å². The van der Waals surface area contributed by atoms with Crippen LogP contribution in [0.2, 0.25) is 0 Å². The molecule has 31 heavy (non-hydrogen) atoms. The Bertz CT molecular complexity index is 1200. The fourth-order valence-corrected chi connectivity index (χ4v) is 4.65. The number of imidazole rings is 1. The molecule has 4 nitrogen and oxygen atoms in total. The van der Waals surface area contributed by atoms with Gasteiger partial charge in [0.25, 0.3) is 0 Å². The first kappa shape index (κ1) is 19.6. The van der Waals surface area contributed by atoms with E-state index >= 15 is 0 Å². The summed E-state index contributed by atoms with van der Waals surface area (Å²) in [6.07, 6.45) is 2.11. The second-order valence-corrected chi connectivity index (χ2v) is 8.15. The Balaban J connectivity index is 1.33. The summed E-state index contributed by atoms with van der Waals surface area (Å²) in [7, 11) is 0. The molecule has 0 aliphatic carbocycles. The molecule has 3 aromatic carbocycles. The van der Waals surface area contributed by atoms with Crippen LogP contribution in [0.3, 0.4) is 0 Å². The molecule has 0 unspecified atom stereocenters. The molecule has 1 saturated heterocycles. The molecule has 1 aromatic heterocycles. The molecule has 1 fully saturated rings. The highest BCUT2D eigenvalue weighted by Gasteiger charge is 2.19. The van der Waals surface area contributed by atoms with Crippen molar-refractivity contribution in [3.05, 3.63) is 112 Å². The molecule has 5 rings (SSSR count). The van der Waals surface area contributed by atoms with Gasteiger partial charge in [0, 0.05) is 26.2 Å². The Morgan fingerprint density at radius 1 is 0.742 bits per heavy atom. The Morgan fingerprint density at radius 2 is 1.32 bits per heavy atom. The van der Waals surface area contributed by atoms with E-state index in [2.05, 4.69) is 70.5 Å². The van der Waals surface area contributed by atoms with Crippen LogP contribution in [0, 0.1) is 0 Å². The second-order valence-electron chi connectivity index (χ2n) is 8.15. The van der Waals surface area contributed by atoms with Crippen LogP contribution in [0.5, 0.6) is 0 Å². The van der Waals surface area contributed by atoms with Gasteiger partial charge in [-0.2, -0.15) is 0 Å². The van der Waals surface area contributed by atoms with Gasteiger partial charge in [-0.3, -0.25) is 4.57 Å². The molecular formula is C27H27N3O. The van der Waals surface area contributed by atoms with Gasteiger partial charge in [0.1, 0.15) is 0 Å². The number of nitrogens with zero attached hydrogens (tertiary/aromatic N) is 2. The first-order valence-corrected chi connectivity index (χ1v) is 11.0. The molecule has 0 amide bonds. The average molecular weight is 410 g/mol. The molecule has 1 N–H and O–H groups in total. The van der Waals surface area contributed by atoms with Crippen LogP contribution in [0.15, 0.2) is 95.3 Å². The Labute approximate surface area is 182 Å². The zero-order valence-corrected chi connectivity index (χ0v) is 17.6. The van der Waals surface area contributed by atoms with Crippen molar-refractivity contribution in [2.24, 2.45) is 0 Å². The number of fused-ring (bicyclic) bond motifs is 1. The Morgan fingerprint density at radius 3 is 1.97 bits per heavy atom. The standard InChI is InChI=1S/C27H27N3O/c31-27-28-24-13-7-8-14-25(24)30(27)20-19-29-17-15-23(16-18-29)26(21-9-3-1-4-10-21)22-11-5-2-6-12-22/h1-14H,15-20H2,(H,28,31). The largest absolute Gasteiger partial charge is 0.326 e. The molecule has 0 spiro atoms. The predicted octanol–water partition coefficient (Wildman–Crippen LogP) is 4.93. The number of nitrogens with one attached hydrogen (secondary N) is 1. The molecule has 4 aromatic rings. The number of rotatable bonds is 5. The van der Waals surface area contributed by atoms with Gasteiger partial charge in [-0.25, -0.2) is 4.79 Å². The zero-order chi connectivity index (χ0) is 21.0. The summed E-state index contributed by atoms with van der Waals surface area (Å²) < 4.78 is 1.86. The summed E-state index contributed by atoms with van der Waals surface area (Å²) in [5, 5.41) is 0. The first-order chi connectivity index (χ1) is 15.3. The molecule has 0 saturated carbocycles. The number of benzene rings is 3. The van der Waals surface area contributed by atoms with E-state index in [9.17, 15) is 4.79 Å². The number of aromatic amines is 1. The number of aromatic nitrogens is 2. The molecule has 0 bridgehead atoms. The lowest BCUT2D eigenvalue weighted by Gasteiger charge is -2.30. The van der Waals surface area contributed by atoms with E-state index in [4.69, 9.17) is 0 Å². The Hall–Kier alpha value is -3.37. The fourth-order valence-electron chi connectivity index (χ4n) is 4.65. The van der Waals surface area contributed by atoms with Crippen molar-refractivity contribution in [3.8, 4) is 0 Å². The lowest BCUT2D eigenvalue weighted by Crippen LogP contribution is -2.35. The SMILES string of the molecule is O=c1[nH]c2ccccc2n1CCN1CCC(=C(c2ccccc2)c2ccccc2)CC1. The minimum atomic E-state index is -0.0192. The van der Waals surface area contributed by atoms with E-state index < -0.39 is 0 Å². The zero-order valence-electron chi connectivity index (χ0n) is 17.6. The van der Waals surface area contributed by atoms with Crippen molar-refractivity contribution in [2.75, 3.05) is 19.6 Å². The number of para-hydroxylation sites is 2. The topological polar surface area (TPSA) is 41.0 Å².